The average Bonchev–Trinajstić information content (AvgIpc) is 2.13. The lowest BCUT2D eigenvalue weighted by molar-refractivity contribution is 0.239. The van der Waals surface area contributed by atoms with Crippen molar-refractivity contribution in [1.82, 2.24) is 5.32 Å². The van der Waals surface area contributed by atoms with Crippen molar-refractivity contribution < 1.29 is 0 Å². The van der Waals surface area contributed by atoms with Gasteiger partial charge in [0.2, 0.25) is 0 Å². The van der Waals surface area contributed by atoms with Crippen LogP contribution in [0.5, 0.6) is 0 Å². The van der Waals surface area contributed by atoms with Crippen molar-refractivity contribution in [1.29, 1.82) is 0 Å². The maximum atomic E-state index is 3.30. The van der Waals surface area contributed by atoms with Gasteiger partial charge in [-0.1, -0.05) is 30.7 Å². The van der Waals surface area contributed by atoms with Crippen LogP contribution in [0.4, 0.5) is 0 Å². The van der Waals surface area contributed by atoms with E-state index in [-0.39, 0.29) is 0 Å². The third kappa shape index (κ3) is 1.49. The quantitative estimate of drug-likeness (QED) is 0.740. The van der Waals surface area contributed by atoms with Crippen LogP contribution in [0.2, 0.25) is 0 Å². The number of hydrogen-bond donors (Lipinski definition) is 1. The van der Waals surface area contributed by atoms with Crippen LogP contribution in [0.15, 0.2) is 24.3 Å². The van der Waals surface area contributed by atoms with Gasteiger partial charge in [-0.2, -0.15) is 0 Å². The molecule has 0 atom stereocenters. The molecule has 0 amide bonds. The largest absolute Gasteiger partial charge is 0.319 e. The molecule has 69 valence electrons. The molecule has 13 heavy (non-hydrogen) atoms. The van der Waals surface area contributed by atoms with E-state index in [2.05, 4.69) is 23.5 Å². The van der Waals surface area contributed by atoms with E-state index in [4.69, 9.17) is 0 Å². The summed E-state index contributed by atoms with van der Waals surface area (Å²) in [5.41, 5.74) is 1.91. The van der Waals surface area contributed by atoms with Gasteiger partial charge in [-0.05, 0) is 31.5 Å². The minimum absolute atomic E-state index is 0.434. The van der Waals surface area contributed by atoms with Gasteiger partial charge in [-0.25, -0.2) is 0 Å². The van der Waals surface area contributed by atoms with Gasteiger partial charge >= 0.3 is 0 Å². The van der Waals surface area contributed by atoms with Crippen LogP contribution in [0, 0.1) is 6.07 Å². The van der Waals surface area contributed by atoms with Crippen LogP contribution in [-0.2, 0) is 5.41 Å². The van der Waals surface area contributed by atoms with Gasteiger partial charge in [0.1, 0.15) is 0 Å². The maximum absolute atomic E-state index is 3.30. The van der Waals surface area contributed by atoms with Gasteiger partial charge in [-0.3, -0.25) is 0 Å². The van der Waals surface area contributed by atoms with E-state index >= 15 is 0 Å². The van der Waals surface area contributed by atoms with Crippen LogP contribution >= 0.6 is 0 Å². The molecule has 0 aromatic heterocycles. The lowest BCUT2D eigenvalue weighted by atomic mass is 9.64. The zero-order chi connectivity index (χ0) is 9.15. The summed E-state index contributed by atoms with van der Waals surface area (Å²) in [7, 11) is 2.04. The molecule has 1 N–H and O–H groups in total. The van der Waals surface area contributed by atoms with Gasteiger partial charge in [0, 0.05) is 12.0 Å². The summed E-state index contributed by atoms with van der Waals surface area (Å²) in [6, 6.07) is 11.5. The first-order valence-corrected chi connectivity index (χ1v) is 4.99. The lowest BCUT2D eigenvalue weighted by Crippen LogP contribution is -2.42. The molecule has 0 bridgehead atoms. The lowest BCUT2D eigenvalue weighted by Gasteiger charge is -2.42. The first-order chi connectivity index (χ1) is 6.37. The Balaban J connectivity index is 2.22. The normalized spacial score (nSPS) is 19.5. The van der Waals surface area contributed by atoms with Crippen LogP contribution in [0.1, 0.15) is 24.8 Å². The van der Waals surface area contributed by atoms with Crippen molar-refractivity contribution in [3.05, 3.63) is 35.9 Å². The Kier molecular flexibility index (Phi) is 2.36. The summed E-state index contributed by atoms with van der Waals surface area (Å²) in [5, 5.41) is 3.30. The molecule has 1 heteroatoms. The molecule has 2 rings (SSSR count). The van der Waals surface area contributed by atoms with E-state index < -0.39 is 0 Å². The Morgan fingerprint density at radius 1 is 1.38 bits per heavy atom. The van der Waals surface area contributed by atoms with Crippen molar-refractivity contribution >= 4 is 0 Å². The molecule has 0 saturated heterocycles. The molecule has 1 fully saturated rings. The van der Waals surface area contributed by atoms with E-state index in [1.807, 2.05) is 19.2 Å². The van der Waals surface area contributed by atoms with Crippen LogP contribution in [0.3, 0.4) is 0 Å². The maximum Gasteiger partial charge on any atom is 0.00776 e. The second-order valence-corrected chi connectivity index (χ2v) is 3.95. The van der Waals surface area contributed by atoms with E-state index in [0.29, 0.717) is 5.41 Å². The molecule has 1 saturated carbocycles. The molecule has 0 spiro atoms. The molecule has 1 nitrogen and oxygen atoms in total. The van der Waals surface area contributed by atoms with Crippen LogP contribution < -0.4 is 5.32 Å². The molecule has 1 aromatic rings. The highest BCUT2D eigenvalue weighted by atomic mass is 14.8. The second-order valence-electron chi connectivity index (χ2n) is 3.95. The summed E-state index contributed by atoms with van der Waals surface area (Å²) in [5.74, 6) is 0. The molecule has 1 radical (unpaired) electrons. The highest BCUT2D eigenvalue weighted by Gasteiger charge is 2.37. The summed E-state index contributed by atoms with van der Waals surface area (Å²) in [4.78, 5) is 0. The predicted octanol–water partition coefficient (Wildman–Crippen LogP) is 2.13. The Labute approximate surface area is 80.2 Å². The molecule has 1 aliphatic rings. The van der Waals surface area contributed by atoms with Gasteiger partial charge in [0.15, 0.2) is 0 Å². The summed E-state index contributed by atoms with van der Waals surface area (Å²) >= 11 is 0. The van der Waals surface area contributed by atoms with Gasteiger partial charge in [-0.15, -0.1) is 0 Å². The number of hydrogen-bond acceptors (Lipinski definition) is 1. The Bertz CT molecular complexity index is 262. The summed E-state index contributed by atoms with van der Waals surface area (Å²) < 4.78 is 0. The SMILES string of the molecule is CNCC1(c2cc[c]cc2)CCC1. The molecule has 0 aliphatic heterocycles. The molecule has 1 aliphatic carbocycles. The first-order valence-electron chi connectivity index (χ1n) is 4.99. The summed E-state index contributed by atoms with van der Waals surface area (Å²) in [6.45, 7) is 1.11. The van der Waals surface area contributed by atoms with E-state index in [0.717, 1.165) is 6.54 Å². The van der Waals surface area contributed by atoms with Crippen molar-refractivity contribution in [2.24, 2.45) is 0 Å². The zero-order valence-electron chi connectivity index (χ0n) is 8.14. The molecule has 1 aromatic carbocycles. The van der Waals surface area contributed by atoms with Gasteiger partial charge in [0.05, 0.1) is 0 Å². The third-order valence-electron chi connectivity index (χ3n) is 3.16. The average molecular weight is 174 g/mol. The topological polar surface area (TPSA) is 12.0 Å². The fourth-order valence-corrected chi connectivity index (χ4v) is 2.25. The van der Waals surface area contributed by atoms with Crippen molar-refractivity contribution in [3.63, 3.8) is 0 Å². The predicted molar refractivity (Wildman–Crippen MR) is 54.7 cm³/mol. The van der Waals surface area contributed by atoms with Crippen LogP contribution in [-0.4, -0.2) is 13.6 Å². The molecular weight excluding hydrogens is 158 g/mol. The smallest absolute Gasteiger partial charge is 0.00776 e. The standard InChI is InChI=1S/C12H16N/c1-13-10-12(8-5-9-12)11-6-3-2-4-7-11/h3-4,6-7,13H,5,8-10H2,1H3. The van der Waals surface area contributed by atoms with E-state index in [9.17, 15) is 0 Å². The molecular formula is C12H16N. The Morgan fingerprint density at radius 2 is 2.08 bits per heavy atom. The number of rotatable bonds is 3. The Morgan fingerprint density at radius 3 is 2.54 bits per heavy atom. The minimum atomic E-state index is 0.434. The van der Waals surface area contributed by atoms with Crippen molar-refractivity contribution in [3.8, 4) is 0 Å². The number of nitrogens with one attached hydrogen (secondary N) is 1. The highest BCUT2D eigenvalue weighted by Crippen LogP contribution is 2.42. The van der Waals surface area contributed by atoms with E-state index in [1.54, 1.807) is 0 Å². The van der Waals surface area contributed by atoms with Crippen LogP contribution in [0.25, 0.3) is 0 Å². The number of likely N-dealkylation sites (N-methyl/N-ethyl adjacent to an activating group) is 1. The summed E-state index contributed by atoms with van der Waals surface area (Å²) in [6.07, 6.45) is 4.04. The monoisotopic (exact) mass is 174 g/mol. The fraction of sp³-hybridized carbons (Fsp3) is 0.500. The van der Waals surface area contributed by atoms with Crippen molar-refractivity contribution in [2.45, 2.75) is 24.7 Å². The third-order valence-corrected chi connectivity index (χ3v) is 3.16. The minimum Gasteiger partial charge on any atom is -0.319 e. The second kappa shape index (κ2) is 3.51. The number of benzene rings is 1. The molecule has 0 heterocycles. The zero-order valence-corrected chi connectivity index (χ0v) is 8.14. The van der Waals surface area contributed by atoms with Crippen molar-refractivity contribution in [2.75, 3.05) is 13.6 Å². The van der Waals surface area contributed by atoms with Gasteiger partial charge in [0.25, 0.3) is 0 Å². The highest BCUT2D eigenvalue weighted by molar-refractivity contribution is 5.28. The van der Waals surface area contributed by atoms with E-state index in [1.165, 1.54) is 24.8 Å². The fourth-order valence-electron chi connectivity index (χ4n) is 2.25. The van der Waals surface area contributed by atoms with Gasteiger partial charge < -0.3 is 5.32 Å². The Hall–Kier alpha value is -0.820. The first kappa shape index (κ1) is 8.76. The molecule has 0 unspecified atom stereocenters.